The maximum Gasteiger partial charge on any atom is 0.220 e. The van der Waals surface area contributed by atoms with Crippen molar-refractivity contribution in [2.24, 2.45) is 0 Å². The van der Waals surface area contributed by atoms with Gasteiger partial charge in [0, 0.05) is 12.6 Å². The molecule has 2 nitrogen and oxygen atoms in total. The van der Waals surface area contributed by atoms with Crippen LogP contribution in [0.2, 0.25) is 0 Å². The second-order valence-electron chi connectivity index (χ2n) is 2.57. The van der Waals surface area contributed by atoms with Crippen molar-refractivity contribution in [2.75, 3.05) is 0 Å². The van der Waals surface area contributed by atoms with Gasteiger partial charge in [0.25, 0.3) is 0 Å². The zero-order valence-electron chi connectivity index (χ0n) is 7.13. The van der Waals surface area contributed by atoms with Gasteiger partial charge in [-0.3, -0.25) is 4.79 Å². The van der Waals surface area contributed by atoms with Gasteiger partial charge < -0.3 is 5.32 Å². The smallest absolute Gasteiger partial charge is 0.220 e. The third-order valence-corrected chi connectivity index (χ3v) is 2.00. The molecule has 0 unspecified atom stereocenters. The third kappa shape index (κ3) is 2.88. The van der Waals surface area contributed by atoms with Gasteiger partial charge in [-0.05, 0) is 35.4 Å². The molecule has 0 aromatic carbocycles. The van der Waals surface area contributed by atoms with Crippen molar-refractivity contribution >= 4 is 23.3 Å². The Bertz CT molecular complexity index is 287. The van der Waals surface area contributed by atoms with Crippen LogP contribution in [-0.4, -0.2) is 5.91 Å². The summed E-state index contributed by atoms with van der Waals surface area (Å²) in [4.78, 5) is 10.6. The number of carbonyl (C=O) groups is 1. The highest BCUT2D eigenvalue weighted by atomic mass is 32.1. The number of thiophene rings is 1. The lowest BCUT2D eigenvalue weighted by atomic mass is 10.3. The molecule has 3 heteroatoms. The van der Waals surface area contributed by atoms with Crippen LogP contribution in [0.3, 0.4) is 0 Å². The molecule has 1 rings (SSSR count). The predicted octanol–water partition coefficient (Wildman–Crippen LogP) is 2.25. The van der Waals surface area contributed by atoms with Gasteiger partial charge in [-0.15, -0.1) is 0 Å². The molecule has 0 bridgehead atoms. The first-order valence-electron chi connectivity index (χ1n) is 3.66. The normalized spacial score (nSPS) is 11.3. The van der Waals surface area contributed by atoms with E-state index in [-0.39, 0.29) is 5.91 Å². The lowest BCUT2D eigenvalue weighted by molar-refractivity contribution is -0.118. The molecule has 0 atom stereocenters. The number of amides is 1. The van der Waals surface area contributed by atoms with Crippen LogP contribution in [0.15, 0.2) is 22.5 Å². The number of carbonyl (C=O) groups excluding carboxylic acids is 1. The molecule has 0 fully saturated rings. The van der Waals surface area contributed by atoms with Crippen LogP contribution in [0.5, 0.6) is 0 Å². The Morgan fingerprint density at radius 1 is 1.58 bits per heavy atom. The molecule has 0 saturated heterocycles. The van der Waals surface area contributed by atoms with Crippen LogP contribution < -0.4 is 5.32 Å². The summed E-state index contributed by atoms with van der Waals surface area (Å²) in [6.07, 6.45) is 1.94. The van der Waals surface area contributed by atoms with Crippen LogP contribution in [0, 0.1) is 0 Å². The second-order valence-corrected chi connectivity index (χ2v) is 3.35. The second kappa shape index (κ2) is 4.07. The predicted molar refractivity (Wildman–Crippen MR) is 51.8 cm³/mol. The molecule has 12 heavy (non-hydrogen) atoms. The molecule has 64 valence electrons. The lowest BCUT2D eigenvalue weighted by Crippen LogP contribution is -2.16. The lowest BCUT2D eigenvalue weighted by Gasteiger charge is -1.99. The monoisotopic (exact) mass is 181 g/mol. The van der Waals surface area contributed by atoms with E-state index in [2.05, 4.69) is 5.32 Å². The van der Waals surface area contributed by atoms with Crippen LogP contribution >= 0.6 is 11.3 Å². The van der Waals surface area contributed by atoms with Crippen molar-refractivity contribution in [1.82, 2.24) is 5.32 Å². The van der Waals surface area contributed by atoms with Crippen LogP contribution in [0.1, 0.15) is 19.4 Å². The van der Waals surface area contributed by atoms with E-state index in [1.807, 2.05) is 29.8 Å². The maximum atomic E-state index is 10.6. The molecule has 0 aliphatic heterocycles. The summed E-state index contributed by atoms with van der Waals surface area (Å²) >= 11 is 1.64. The highest BCUT2D eigenvalue weighted by Gasteiger charge is 1.93. The maximum absolute atomic E-state index is 10.6. The molecule has 0 radical (unpaired) electrons. The molecule has 0 aliphatic rings. The highest BCUT2D eigenvalue weighted by Crippen LogP contribution is 2.09. The SMILES string of the molecule is CC(=O)N/C(C)=C/c1ccsc1. The summed E-state index contributed by atoms with van der Waals surface area (Å²) in [6, 6.07) is 2.01. The first-order chi connectivity index (χ1) is 5.68. The fourth-order valence-corrected chi connectivity index (χ4v) is 1.54. The Morgan fingerprint density at radius 2 is 2.33 bits per heavy atom. The Labute approximate surface area is 75.9 Å². The number of rotatable bonds is 2. The number of allylic oxidation sites excluding steroid dienone is 1. The molecule has 1 heterocycles. The fraction of sp³-hybridized carbons (Fsp3) is 0.222. The van der Waals surface area contributed by atoms with Crippen molar-refractivity contribution in [1.29, 1.82) is 0 Å². The molecular weight excluding hydrogens is 170 g/mol. The van der Waals surface area contributed by atoms with Gasteiger partial charge in [0.15, 0.2) is 0 Å². The van der Waals surface area contributed by atoms with E-state index < -0.39 is 0 Å². The van der Waals surface area contributed by atoms with Crippen LogP contribution in [0.4, 0.5) is 0 Å². The molecule has 1 N–H and O–H groups in total. The van der Waals surface area contributed by atoms with Crippen molar-refractivity contribution in [3.8, 4) is 0 Å². The van der Waals surface area contributed by atoms with Gasteiger partial charge in [0.05, 0.1) is 0 Å². The first-order valence-corrected chi connectivity index (χ1v) is 4.61. The number of hydrogen-bond acceptors (Lipinski definition) is 2. The average molecular weight is 181 g/mol. The summed E-state index contributed by atoms with van der Waals surface area (Å²) in [5.74, 6) is -0.0287. The van der Waals surface area contributed by atoms with E-state index in [0.29, 0.717) is 0 Å². The Kier molecular flexibility index (Phi) is 3.05. The molecule has 1 aromatic heterocycles. The molecule has 0 spiro atoms. The summed E-state index contributed by atoms with van der Waals surface area (Å²) < 4.78 is 0. The zero-order chi connectivity index (χ0) is 8.97. The number of hydrogen-bond donors (Lipinski definition) is 1. The Morgan fingerprint density at radius 3 is 2.83 bits per heavy atom. The van der Waals surface area contributed by atoms with Gasteiger partial charge in [0.2, 0.25) is 5.91 Å². The van der Waals surface area contributed by atoms with E-state index >= 15 is 0 Å². The minimum Gasteiger partial charge on any atom is -0.330 e. The van der Waals surface area contributed by atoms with Gasteiger partial charge in [-0.25, -0.2) is 0 Å². The molecule has 0 aliphatic carbocycles. The Hall–Kier alpha value is -1.09. The molecule has 0 saturated carbocycles. The minimum absolute atomic E-state index is 0.0287. The van der Waals surface area contributed by atoms with E-state index in [1.54, 1.807) is 11.3 Å². The van der Waals surface area contributed by atoms with Gasteiger partial charge in [-0.2, -0.15) is 11.3 Å². The average Bonchev–Trinajstić information content (AvgIpc) is 2.37. The molecular formula is C9H11NOS. The summed E-state index contributed by atoms with van der Waals surface area (Å²) in [6.45, 7) is 3.38. The van der Waals surface area contributed by atoms with Crippen molar-refractivity contribution in [3.05, 3.63) is 28.1 Å². The Balaban J connectivity index is 2.63. The summed E-state index contributed by atoms with van der Waals surface area (Å²) in [5.41, 5.74) is 2.01. The van der Waals surface area contributed by atoms with Crippen molar-refractivity contribution in [2.45, 2.75) is 13.8 Å². The molecule has 1 aromatic rings. The van der Waals surface area contributed by atoms with Gasteiger partial charge >= 0.3 is 0 Å². The van der Waals surface area contributed by atoms with E-state index in [4.69, 9.17) is 0 Å². The molecule has 1 amide bonds. The third-order valence-electron chi connectivity index (χ3n) is 1.30. The van der Waals surface area contributed by atoms with Crippen molar-refractivity contribution in [3.63, 3.8) is 0 Å². The first kappa shape index (κ1) is 9.00. The zero-order valence-corrected chi connectivity index (χ0v) is 7.94. The van der Waals surface area contributed by atoms with E-state index in [1.165, 1.54) is 6.92 Å². The standard InChI is InChI=1S/C9H11NOS/c1-7(10-8(2)11)5-9-3-4-12-6-9/h3-6H,1-2H3,(H,10,11)/b7-5+. The van der Waals surface area contributed by atoms with E-state index in [9.17, 15) is 4.79 Å². The van der Waals surface area contributed by atoms with Crippen LogP contribution in [0.25, 0.3) is 6.08 Å². The summed E-state index contributed by atoms with van der Waals surface area (Å²) in [7, 11) is 0. The minimum atomic E-state index is -0.0287. The van der Waals surface area contributed by atoms with Gasteiger partial charge in [0.1, 0.15) is 0 Å². The highest BCUT2D eigenvalue weighted by molar-refractivity contribution is 7.08. The topological polar surface area (TPSA) is 29.1 Å². The van der Waals surface area contributed by atoms with Crippen LogP contribution in [-0.2, 0) is 4.79 Å². The van der Waals surface area contributed by atoms with Crippen molar-refractivity contribution < 1.29 is 4.79 Å². The quantitative estimate of drug-likeness (QED) is 0.745. The summed E-state index contributed by atoms with van der Waals surface area (Å²) in [5, 5.41) is 6.75. The largest absolute Gasteiger partial charge is 0.330 e. The number of nitrogens with one attached hydrogen (secondary N) is 1. The van der Waals surface area contributed by atoms with E-state index in [0.717, 1.165) is 11.3 Å². The van der Waals surface area contributed by atoms with Gasteiger partial charge in [-0.1, -0.05) is 0 Å². The fourth-order valence-electron chi connectivity index (χ4n) is 0.921.